The van der Waals surface area contributed by atoms with Crippen LogP contribution in [-0.2, 0) is 4.79 Å². The third kappa shape index (κ3) is 3.47. The molecule has 4 nitrogen and oxygen atoms in total. The molecule has 0 bridgehead atoms. The zero-order valence-corrected chi connectivity index (χ0v) is 13.5. The first-order valence-electron chi connectivity index (χ1n) is 8.06. The Bertz CT molecular complexity index is 456. The molecule has 2 aliphatic rings. The maximum atomic E-state index is 12.6. The van der Waals surface area contributed by atoms with Crippen LogP contribution in [0.15, 0.2) is 17.5 Å². The highest BCUT2D eigenvalue weighted by Gasteiger charge is 2.36. The number of thiophene rings is 1. The van der Waals surface area contributed by atoms with Crippen LogP contribution >= 0.6 is 11.3 Å². The highest BCUT2D eigenvalue weighted by atomic mass is 32.1. The zero-order valence-electron chi connectivity index (χ0n) is 12.7. The van der Waals surface area contributed by atoms with Crippen molar-refractivity contribution in [1.29, 1.82) is 0 Å². The first kappa shape index (κ1) is 15.0. The summed E-state index contributed by atoms with van der Waals surface area (Å²) in [4.78, 5) is 16.3. The van der Waals surface area contributed by atoms with Gasteiger partial charge in [-0.3, -0.25) is 9.69 Å². The fourth-order valence-corrected chi connectivity index (χ4v) is 4.30. The molecule has 0 aromatic carbocycles. The van der Waals surface area contributed by atoms with Crippen molar-refractivity contribution in [1.82, 2.24) is 15.5 Å². The fraction of sp³-hybridized carbons (Fsp3) is 0.688. The summed E-state index contributed by atoms with van der Waals surface area (Å²) in [5.41, 5.74) is 0. The van der Waals surface area contributed by atoms with Crippen LogP contribution in [0.1, 0.15) is 43.5 Å². The summed E-state index contributed by atoms with van der Waals surface area (Å²) < 4.78 is 0. The minimum Gasteiger partial charge on any atom is -0.347 e. The smallest absolute Gasteiger partial charge is 0.237 e. The molecule has 2 saturated heterocycles. The molecule has 0 saturated carbocycles. The van der Waals surface area contributed by atoms with Crippen molar-refractivity contribution in [3.05, 3.63) is 22.4 Å². The van der Waals surface area contributed by atoms with E-state index in [2.05, 4.69) is 33.9 Å². The van der Waals surface area contributed by atoms with Crippen molar-refractivity contribution in [2.75, 3.05) is 19.6 Å². The number of amides is 1. The van der Waals surface area contributed by atoms with E-state index in [4.69, 9.17) is 0 Å². The van der Waals surface area contributed by atoms with Gasteiger partial charge in [0.1, 0.15) is 0 Å². The van der Waals surface area contributed by atoms with E-state index in [9.17, 15) is 4.79 Å². The highest BCUT2D eigenvalue weighted by Crippen LogP contribution is 2.26. The van der Waals surface area contributed by atoms with Gasteiger partial charge in [0.15, 0.2) is 0 Å². The highest BCUT2D eigenvalue weighted by molar-refractivity contribution is 7.10. The number of hydrogen-bond donors (Lipinski definition) is 2. The third-order valence-electron chi connectivity index (χ3n) is 4.70. The molecule has 2 N–H and O–H groups in total. The van der Waals surface area contributed by atoms with Gasteiger partial charge in [0.25, 0.3) is 0 Å². The molecule has 3 rings (SSSR count). The average molecular weight is 307 g/mol. The monoisotopic (exact) mass is 307 g/mol. The molecule has 1 aromatic heterocycles. The maximum Gasteiger partial charge on any atom is 0.237 e. The van der Waals surface area contributed by atoms with E-state index in [1.165, 1.54) is 17.7 Å². The second-order valence-electron chi connectivity index (χ2n) is 6.12. The second-order valence-corrected chi connectivity index (χ2v) is 7.10. The van der Waals surface area contributed by atoms with Gasteiger partial charge in [0.2, 0.25) is 5.91 Å². The van der Waals surface area contributed by atoms with Gasteiger partial charge in [0, 0.05) is 10.9 Å². The van der Waals surface area contributed by atoms with E-state index < -0.39 is 0 Å². The molecule has 116 valence electrons. The average Bonchev–Trinajstić information content (AvgIpc) is 3.19. The number of hydrogen-bond acceptors (Lipinski definition) is 4. The summed E-state index contributed by atoms with van der Waals surface area (Å²) in [7, 11) is 0. The fourth-order valence-electron chi connectivity index (χ4n) is 3.56. The number of rotatable bonds is 4. The van der Waals surface area contributed by atoms with Crippen molar-refractivity contribution in [2.24, 2.45) is 0 Å². The van der Waals surface area contributed by atoms with Gasteiger partial charge in [-0.05, 0) is 63.7 Å². The molecule has 2 fully saturated rings. The number of nitrogens with one attached hydrogen (secondary N) is 2. The Morgan fingerprint density at radius 1 is 1.43 bits per heavy atom. The maximum absolute atomic E-state index is 12.6. The van der Waals surface area contributed by atoms with Crippen molar-refractivity contribution < 1.29 is 4.79 Å². The largest absolute Gasteiger partial charge is 0.347 e. The Balaban J connectivity index is 1.60. The number of likely N-dealkylation sites (tertiary alicyclic amines) is 1. The Morgan fingerprint density at radius 2 is 2.24 bits per heavy atom. The topological polar surface area (TPSA) is 44.4 Å². The lowest BCUT2D eigenvalue weighted by Gasteiger charge is -2.35. The van der Waals surface area contributed by atoms with E-state index in [0.717, 1.165) is 32.5 Å². The summed E-state index contributed by atoms with van der Waals surface area (Å²) in [6, 6.07) is 4.92. The van der Waals surface area contributed by atoms with Gasteiger partial charge in [-0.25, -0.2) is 0 Å². The van der Waals surface area contributed by atoms with Crippen molar-refractivity contribution in [3.8, 4) is 0 Å². The molecule has 2 aliphatic heterocycles. The molecule has 1 unspecified atom stereocenters. The van der Waals surface area contributed by atoms with E-state index >= 15 is 0 Å². The minimum atomic E-state index is 0.0792. The molecular weight excluding hydrogens is 282 g/mol. The molecule has 0 spiro atoms. The minimum absolute atomic E-state index is 0.0792. The molecule has 1 aromatic rings. The standard InChI is InChI=1S/C16H25N3OS/c1-12(15-5-3-11-21-15)18-16(20)14-4-2-10-19(14)13-6-8-17-9-7-13/h3,5,11-14,17H,2,4,6-10H2,1H3,(H,18,20)/t12-,14?/m1/s1. The quantitative estimate of drug-likeness (QED) is 0.896. The first-order valence-corrected chi connectivity index (χ1v) is 8.94. The van der Waals surface area contributed by atoms with Crippen LogP contribution in [0.4, 0.5) is 0 Å². The van der Waals surface area contributed by atoms with E-state index in [1.54, 1.807) is 11.3 Å². The predicted molar refractivity (Wildman–Crippen MR) is 86.5 cm³/mol. The third-order valence-corrected chi connectivity index (χ3v) is 5.76. The SMILES string of the molecule is C[C@@H](NC(=O)C1CCCN1C1CCNCC1)c1cccs1. The van der Waals surface area contributed by atoms with E-state index in [0.29, 0.717) is 6.04 Å². The number of piperidine rings is 1. The lowest BCUT2D eigenvalue weighted by molar-refractivity contribution is -0.127. The molecular formula is C16H25N3OS. The van der Waals surface area contributed by atoms with Crippen molar-refractivity contribution in [3.63, 3.8) is 0 Å². The molecule has 2 atom stereocenters. The van der Waals surface area contributed by atoms with Crippen LogP contribution < -0.4 is 10.6 Å². The van der Waals surface area contributed by atoms with Crippen LogP contribution in [0.3, 0.4) is 0 Å². The summed E-state index contributed by atoms with van der Waals surface area (Å²) in [5, 5.41) is 8.68. The first-order chi connectivity index (χ1) is 10.3. The molecule has 0 radical (unpaired) electrons. The Kier molecular flexibility index (Phi) is 4.93. The van der Waals surface area contributed by atoms with Crippen molar-refractivity contribution >= 4 is 17.2 Å². The lowest BCUT2D eigenvalue weighted by atomic mass is 10.0. The predicted octanol–water partition coefficient (Wildman–Crippen LogP) is 2.14. The number of nitrogens with zero attached hydrogens (tertiary/aromatic N) is 1. The summed E-state index contributed by atoms with van der Waals surface area (Å²) in [6.45, 7) is 5.33. The Morgan fingerprint density at radius 3 is 2.95 bits per heavy atom. The van der Waals surface area contributed by atoms with E-state index in [-0.39, 0.29) is 18.0 Å². The van der Waals surface area contributed by atoms with Gasteiger partial charge in [-0.1, -0.05) is 6.07 Å². The summed E-state index contributed by atoms with van der Waals surface area (Å²) >= 11 is 1.71. The van der Waals surface area contributed by atoms with Gasteiger partial charge < -0.3 is 10.6 Å². The number of carbonyl (C=O) groups excluding carboxylic acids is 1. The molecule has 21 heavy (non-hydrogen) atoms. The van der Waals surface area contributed by atoms with Crippen molar-refractivity contribution in [2.45, 2.75) is 50.7 Å². The lowest BCUT2D eigenvalue weighted by Crippen LogP contribution is -2.51. The van der Waals surface area contributed by atoms with Crippen LogP contribution in [0.25, 0.3) is 0 Å². The molecule has 3 heterocycles. The number of carbonyl (C=O) groups is 1. The normalized spacial score (nSPS) is 25.9. The van der Waals surface area contributed by atoms with Crippen LogP contribution in [0.5, 0.6) is 0 Å². The second kappa shape index (κ2) is 6.90. The molecule has 1 amide bonds. The van der Waals surface area contributed by atoms with Gasteiger partial charge in [-0.2, -0.15) is 0 Å². The van der Waals surface area contributed by atoms with Gasteiger partial charge in [-0.15, -0.1) is 11.3 Å². The van der Waals surface area contributed by atoms with Crippen LogP contribution in [0, 0.1) is 0 Å². The molecule has 5 heteroatoms. The Hall–Kier alpha value is -0.910. The van der Waals surface area contributed by atoms with Gasteiger partial charge >= 0.3 is 0 Å². The Labute approximate surface area is 130 Å². The van der Waals surface area contributed by atoms with E-state index in [1.807, 2.05) is 6.07 Å². The zero-order chi connectivity index (χ0) is 14.7. The van der Waals surface area contributed by atoms with Gasteiger partial charge in [0.05, 0.1) is 12.1 Å². The summed E-state index contributed by atoms with van der Waals surface area (Å²) in [6.07, 6.45) is 4.50. The van der Waals surface area contributed by atoms with Crippen LogP contribution in [-0.4, -0.2) is 42.5 Å². The molecule has 0 aliphatic carbocycles. The summed E-state index contributed by atoms with van der Waals surface area (Å²) in [5.74, 6) is 0.215. The van der Waals surface area contributed by atoms with Crippen LogP contribution in [0.2, 0.25) is 0 Å².